The molecule has 1 unspecified atom stereocenters. The van der Waals surface area contributed by atoms with Crippen LogP contribution in [0.15, 0.2) is 18.2 Å². The summed E-state index contributed by atoms with van der Waals surface area (Å²) in [5.74, 6) is 0. The lowest BCUT2D eigenvalue weighted by Gasteiger charge is -2.22. The van der Waals surface area contributed by atoms with Gasteiger partial charge in [0.2, 0.25) is 0 Å². The molecule has 84 valence electrons. The lowest BCUT2D eigenvalue weighted by Crippen LogP contribution is -2.31. The number of aliphatic hydroxyl groups excluding tert-OH is 2. The van der Waals surface area contributed by atoms with Crippen LogP contribution in [-0.2, 0) is 0 Å². The molecule has 0 aliphatic rings. The fraction of sp³-hybridized carbons (Fsp3) is 0.400. The quantitative estimate of drug-likeness (QED) is 0.856. The van der Waals surface area contributed by atoms with Crippen LogP contribution in [0.4, 0.5) is 5.69 Å². The maximum atomic E-state index is 9.26. The highest BCUT2D eigenvalue weighted by Gasteiger charge is 2.08. The number of halogens is 2. The predicted octanol–water partition coefficient (Wildman–Crippen LogP) is 1.78. The van der Waals surface area contributed by atoms with E-state index in [2.05, 4.69) is 0 Å². The van der Waals surface area contributed by atoms with Gasteiger partial charge in [-0.05, 0) is 18.2 Å². The number of hydrogen-bond acceptors (Lipinski definition) is 3. The van der Waals surface area contributed by atoms with E-state index in [0.29, 0.717) is 16.6 Å². The number of likely N-dealkylation sites (N-methyl/N-ethyl adjacent to an activating group) is 1. The Hall–Kier alpha value is -0.480. The normalized spacial score (nSPS) is 12.6. The Morgan fingerprint density at radius 1 is 1.33 bits per heavy atom. The molecular weight excluding hydrogens is 237 g/mol. The molecule has 1 aromatic carbocycles. The minimum absolute atomic E-state index is 0.258. The first-order valence-electron chi connectivity index (χ1n) is 4.49. The Morgan fingerprint density at radius 3 is 2.53 bits per heavy atom. The van der Waals surface area contributed by atoms with Crippen molar-refractivity contribution in [1.82, 2.24) is 0 Å². The Morgan fingerprint density at radius 2 is 2.00 bits per heavy atom. The van der Waals surface area contributed by atoms with Gasteiger partial charge in [0.25, 0.3) is 0 Å². The maximum absolute atomic E-state index is 9.26. The third-order valence-corrected chi connectivity index (χ3v) is 2.78. The van der Waals surface area contributed by atoms with Crippen molar-refractivity contribution >= 4 is 28.9 Å². The third-order valence-electron chi connectivity index (χ3n) is 2.04. The van der Waals surface area contributed by atoms with Crippen molar-refractivity contribution in [2.45, 2.75) is 6.10 Å². The average Bonchev–Trinajstić information content (AvgIpc) is 2.21. The molecule has 2 N–H and O–H groups in total. The van der Waals surface area contributed by atoms with Crippen LogP contribution < -0.4 is 4.90 Å². The van der Waals surface area contributed by atoms with Gasteiger partial charge in [-0.1, -0.05) is 23.2 Å². The van der Waals surface area contributed by atoms with Gasteiger partial charge in [-0.2, -0.15) is 0 Å². The molecule has 3 nitrogen and oxygen atoms in total. The average molecular weight is 250 g/mol. The number of hydrogen-bond donors (Lipinski definition) is 2. The first-order valence-corrected chi connectivity index (χ1v) is 5.25. The van der Waals surface area contributed by atoms with Gasteiger partial charge in [-0.25, -0.2) is 0 Å². The Balaban J connectivity index is 2.73. The van der Waals surface area contributed by atoms with Crippen molar-refractivity contribution in [3.05, 3.63) is 28.2 Å². The van der Waals surface area contributed by atoms with E-state index in [4.69, 9.17) is 28.3 Å². The Kier molecular flexibility index (Phi) is 4.67. The van der Waals surface area contributed by atoms with Crippen molar-refractivity contribution in [2.24, 2.45) is 0 Å². The third kappa shape index (κ3) is 3.54. The molecule has 0 bridgehead atoms. The van der Waals surface area contributed by atoms with Crippen molar-refractivity contribution in [2.75, 3.05) is 25.1 Å². The maximum Gasteiger partial charge on any atom is 0.0945 e. The predicted molar refractivity (Wildman–Crippen MR) is 62.8 cm³/mol. The smallest absolute Gasteiger partial charge is 0.0945 e. The molecule has 5 heteroatoms. The van der Waals surface area contributed by atoms with Gasteiger partial charge in [-0.15, -0.1) is 0 Å². The Bertz CT molecular complexity index is 333. The molecule has 0 saturated heterocycles. The summed E-state index contributed by atoms with van der Waals surface area (Å²) in [6.07, 6.45) is -0.760. The van der Waals surface area contributed by atoms with Gasteiger partial charge in [0.15, 0.2) is 0 Å². The summed E-state index contributed by atoms with van der Waals surface area (Å²) in [6, 6.07) is 5.22. The largest absolute Gasteiger partial charge is 0.394 e. The van der Waals surface area contributed by atoms with Crippen LogP contribution >= 0.6 is 23.2 Å². The van der Waals surface area contributed by atoms with Crippen LogP contribution in [0.2, 0.25) is 10.0 Å². The molecule has 1 rings (SSSR count). The van der Waals surface area contributed by atoms with Gasteiger partial charge in [0.05, 0.1) is 22.8 Å². The first-order chi connectivity index (χ1) is 7.04. The number of benzene rings is 1. The van der Waals surface area contributed by atoms with E-state index in [1.54, 1.807) is 30.1 Å². The molecule has 0 heterocycles. The molecule has 0 spiro atoms. The SMILES string of the molecule is CN(CC(O)CO)c1ccc(Cl)c(Cl)c1. The first kappa shape index (κ1) is 12.6. The van der Waals surface area contributed by atoms with Gasteiger partial charge < -0.3 is 15.1 Å². The molecular formula is C10H13Cl2NO2. The van der Waals surface area contributed by atoms with Crippen LogP contribution in [-0.4, -0.2) is 36.5 Å². The Labute approximate surface area is 98.8 Å². The zero-order valence-electron chi connectivity index (χ0n) is 8.32. The van der Waals surface area contributed by atoms with Crippen LogP contribution in [0, 0.1) is 0 Å². The van der Waals surface area contributed by atoms with E-state index < -0.39 is 6.10 Å². The van der Waals surface area contributed by atoms with Crippen LogP contribution in [0.25, 0.3) is 0 Å². The van der Waals surface area contributed by atoms with E-state index in [0.717, 1.165) is 5.69 Å². The van der Waals surface area contributed by atoms with E-state index >= 15 is 0 Å². The summed E-state index contributed by atoms with van der Waals surface area (Å²) in [5.41, 5.74) is 0.844. The zero-order valence-corrected chi connectivity index (χ0v) is 9.83. The van der Waals surface area contributed by atoms with Crippen molar-refractivity contribution in [3.63, 3.8) is 0 Å². The van der Waals surface area contributed by atoms with E-state index in [1.165, 1.54) is 0 Å². The van der Waals surface area contributed by atoms with E-state index in [9.17, 15) is 5.11 Å². The second-order valence-electron chi connectivity index (χ2n) is 3.32. The summed E-state index contributed by atoms with van der Waals surface area (Å²) in [6.45, 7) is 0.0835. The lowest BCUT2D eigenvalue weighted by atomic mass is 10.2. The number of aliphatic hydroxyl groups is 2. The highest BCUT2D eigenvalue weighted by molar-refractivity contribution is 6.42. The van der Waals surface area contributed by atoms with Gasteiger partial charge >= 0.3 is 0 Å². The summed E-state index contributed by atoms with van der Waals surface area (Å²) in [5, 5.41) is 18.9. The van der Waals surface area contributed by atoms with Crippen LogP contribution in [0.3, 0.4) is 0 Å². The fourth-order valence-corrected chi connectivity index (χ4v) is 1.49. The van der Waals surface area contributed by atoms with E-state index in [-0.39, 0.29) is 6.61 Å². The monoisotopic (exact) mass is 249 g/mol. The second kappa shape index (κ2) is 5.56. The van der Waals surface area contributed by atoms with Crippen molar-refractivity contribution in [1.29, 1.82) is 0 Å². The highest BCUT2D eigenvalue weighted by atomic mass is 35.5. The molecule has 1 aromatic rings. The van der Waals surface area contributed by atoms with Crippen LogP contribution in [0.5, 0.6) is 0 Å². The molecule has 0 aliphatic heterocycles. The summed E-state index contributed by atoms with van der Waals surface area (Å²) < 4.78 is 0. The van der Waals surface area contributed by atoms with Crippen molar-refractivity contribution in [3.8, 4) is 0 Å². The minimum atomic E-state index is -0.760. The molecule has 0 aliphatic carbocycles. The van der Waals surface area contributed by atoms with Crippen molar-refractivity contribution < 1.29 is 10.2 Å². The van der Waals surface area contributed by atoms with Crippen LogP contribution in [0.1, 0.15) is 0 Å². The van der Waals surface area contributed by atoms with Gasteiger partial charge in [0, 0.05) is 19.3 Å². The minimum Gasteiger partial charge on any atom is -0.394 e. The second-order valence-corrected chi connectivity index (χ2v) is 4.13. The molecule has 0 saturated carbocycles. The summed E-state index contributed by atoms with van der Waals surface area (Å²) in [4.78, 5) is 1.79. The standard InChI is InChI=1S/C10H13Cl2NO2/c1-13(5-8(15)6-14)7-2-3-9(11)10(12)4-7/h2-4,8,14-15H,5-6H2,1H3. The molecule has 0 radical (unpaired) electrons. The van der Waals surface area contributed by atoms with Gasteiger partial charge in [0.1, 0.15) is 0 Å². The van der Waals surface area contributed by atoms with Gasteiger partial charge in [-0.3, -0.25) is 0 Å². The topological polar surface area (TPSA) is 43.7 Å². The molecule has 0 amide bonds. The number of anilines is 1. The highest BCUT2D eigenvalue weighted by Crippen LogP contribution is 2.26. The molecule has 15 heavy (non-hydrogen) atoms. The molecule has 0 fully saturated rings. The number of rotatable bonds is 4. The summed E-state index contributed by atoms with van der Waals surface area (Å²) >= 11 is 11.6. The lowest BCUT2D eigenvalue weighted by molar-refractivity contribution is 0.101. The molecule has 1 atom stereocenters. The number of nitrogens with zero attached hydrogens (tertiary/aromatic N) is 1. The summed E-state index contributed by atoms with van der Waals surface area (Å²) in [7, 11) is 1.80. The fourth-order valence-electron chi connectivity index (χ4n) is 1.20. The van der Waals surface area contributed by atoms with E-state index in [1.807, 2.05) is 0 Å². The molecule has 0 aromatic heterocycles. The zero-order chi connectivity index (χ0) is 11.4.